The van der Waals surface area contributed by atoms with Crippen LogP contribution in [0.1, 0.15) is 24.3 Å². The van der Waals surface area contributed by atoms with E-state index < -0.39 is 6.09 Å². The Morgan fingerprint density at radius 1 is 1.00 bits per heavy atom. The van der Waals surface area contributed by atoms with Crippen LogP contribution in [0.15, 0.2) is 54.6 Å². The number of amides is 1. The van der Waals surface area contributed by atoms with E-state index >= 15 is 0 Å². The highest BCUT2D eigenvalue weighted by Gasteiger charge is 2.22. The number of carbonyl (C=O) groups is 1. The Labute approximate surface area is 112 Å². The van der Waals surface area contributed by atoms with E-state index in [1.807, 2.05) is 30.3 Å². The van der Waals surface area contributed by atoms with Crippen LogP contribution in [-0.4, -0.2) is 6.09 Å². The molecule has 0 aromatic heterocycles. The number of ether oxygens (including phenoxy) is 1. The Hall–Kier alpha value is -2.29. The SMILES string of the molecule is O=C(Nc1ccc(C2CC2)cc1)Oc1ccccc1. The maximum Gasteiger partial charge on any atom is 0.417 e. The molecule has 0 unspecified atom stereocenters. The number of anilines is 1. The Balaban J connectivity index is 1.59. The lowest BCUT2D eigenvalue weighted by Crippen LogP contribution is -2.16. The first-order valence-corrected chi connectivity index (χ1v) is 6.45. The van der Waals surface area contributed by atoms with Crippen molar-refractivity contribution in [2.45, 2.75) is 18.8 Å². The van der Waals surface area contributed by atoms with Gasteiger partial charge in [0, 0.05) is 5.69 Å². The normalized spacial score (nSPS) is 13.9. The Morgan fingerprint density at radius 2 is 1.68 bits per heavy atom. The zero-order valence-electron chi connectivity index (χ0n) is 10.5. The molecule has 0 aliphatic heterocycles. The molecule has 1 saturated carbocycles. The third kappa shape index (κ3) is 3.13. The summed E-state index contributed by atoms with van der Waals surface area (Å²) in [6.45, 7) is 0. The van der Waals surface area contributed by atoms with Gasteiger partial charge in [-0.05, 0) is 48.6 Å². The fourth-order valence-electron chi connectivity index (χ4n) is 1.99. The molecule has 1 aliphatic rings. The van der Waals surface area contributed by atoms with E-state index in [9.17, 15) is 4.79 Å². The van der Waals surface area contributed by atoms with E-state index in [0.29, 0.717) is 5.75 Å². The van der Waals surface area contributed by atoms with Gasteiger partial charge in [0.1, 0.15) is 5.75 Å². The zero-order valence-corrected chi connectivity index (χ0v) is 10.5. The van der Waals surface area contributed by atoms with Gasteiger partial charge in [0.25, 0.3) is 0 Å². The van der Waals surface area contributed by atoms with Gasteiger partial charge in [-0.1, -0.05) is 30.3 Å². The molecule has 2 aromatic carbocycles. The second-order valence-corrected chi connectivity index (χ2v) is 4.72. The summed E-state index contributed by atoms with van der Waals surface area (Å²) in [6.07, 6.45) is 2.09. The van der Waals surface area contributed by atoms with Gasteiger partial charge in [-0.3, -0.25) is 5.32 Å². The summed E-state index contributed by atoms with van der Waals surface area (Å²) in [6, 6.07) is 17.0. The molecule has 3 heteroatoms. The summed E-state index contributed by atoms with van der Waals surface area (Å²) in [4.78, 5) is 11.7. The van der Waals surface area contributed by atoms with Crippen LogP contribution in [0.3, 0.4) is 0 Å². The first-order valence-electron chi connectivity index (χ1n) is 6.45. The summed E-state index contributed by atoms with van der Waals surface area (Å²) in [5.74, 6) is 1.26. The highest BCUT2D eigenvalue weighted by atomic mass is 16.6. The van der Waals surface area contributed by atoms with E-state index in [1.165, 1.54) is 18.4 Å². The van der Waals surface area contributed by atoms with Crippen LogP contribution >= 0.6 is 0 Å². The lowest BCUT2D eigenvalue weighted by atomic mass is 10.1. The fraction of sp³-hybridized carbons (Fsp3) is 0.188. The molecule has 1 aliphatic carbocycles. The monoisotopic (exact) mass is 253 g/mol. The standard InChI is InChI=1S/C16H15NO2/c18-16(19-15-4-2-1-3-5-15)17-14-10-8-13(9-11-14)12-6-7-12/h1-5,8-12H,6-7H2,(H,17,18). The van der Waals surface area contributed by atoms with Gasteiger partial charge in [0.2, 0.25) is 0 Å². The molecule has 0 heterocycles. The lowest BCUT2D eigenvalue weighted by Gasteiger charge is -2.07. The molecule has 19 heavy (non-hydrogen) atoms. The van der Waals surface area contributed by atoms with Crippen molar-refractivity contribution in [2.75, 3.05) is 5.32 Å². The summed E-state index contributed by atoms with van der Waals surface area (Å²) in [5.41, 5.74) is 2.10. The molecule has 0 atom stereocenters. The van der Waals surface area contributed by atoms with Crippen molar-refractivity contribution >= 4 is 11.8 Å². The molecule has 2 aromatic rings. The summed E-state index contributed by atoms with van der Waals surface area (Å²) in [7, 11) is 0. The van der Waals surface area contributed by atoms with Crippen LogP contribution in [0.5, 0.6) is 5.75 Å². The van der Waals surface area contributed by atoms with E-state index in [2.05, 4.69) is 17.4 Å². The molecule has 1 fully saturated rings. The highest BCUT2D eigenvalue weighted by Crippen LogP contribution is 2.40. The van der Waals surface area contributed by atoms with Crippen LogP contribution in [0, 0.1) is 0 Å². The summed E-state index contributed by atoms with van der Waals surface area (Å²) >= 11 is 0. The van der Waals surface area contributed by atoms with Gasteiger partial charge in [-0.15, -0.1) is 0 Å². The van der Waals surface area contributed by atoms with Crippen LogP contribution in [0.2, 0.25) is 0 Å². The van der Waals surface area contributed by atoms with Crippen molar-refractivity contribution < 1.29 is 9.53 Å². The predicted octanol–water partition coefficient (Wildman–Crippen LogP) is 4.17. The maximum absolute atomic E-state index is 11.7. The van der Waals surface area contributed by atoms with E-state index in [4.69, 9.17) is 4.74 Å². The van der Waals surface area contributed by atoms with Gasteiger partial charge >= 0.3 is 6.09 Å². The van der Waals surface area contributed by atoms with Crippen molar-refractivity contribution in [2.24, 2.45) is 0 Å². The first kappa shape index (κ1) is 11.8. The Bertz CT molecular complexity index is 559. The lowest BCUT2D eigenvalue weighted by molar-refractivity contribution is 0.215. The second-order valence-electron chi connectivity index (χ2n) is 4.72. The Morgan fingerprint density at radius 3 is 2.32 bits per heavy atom. The summed E-state index contributed by atoms with van der Waals surface area (Å²) in [5, 5.41) is 2.72. The fourth-order valence-corrected chi connectivity index (χ4v) is 1.99. The average molecular weight is 253 g/mol. The molecule has 96 valence electrons. The minimum Gasteiger partial charge on any atom is -0.410 e. The minimum absolute atomic E-state index is 0.467. The molecule has 3 nitrogen and oxygen atoms in total. The molecule has 0 radical (unpaired) electrons. The largest absolute Gasteiger partial charge is 0.417 e. The first-order chi connectivity index (χ1) is 9.31. The van der Waals surface area contributed by atoms with E-state index in [1.54, 1.807) is 12.1 Å². The summed E-state index contributed by atoms with van der Waals surface area (Å²) < 4.78 is 5.16. The van der Waals surface area contributed by atoms with Crippen molar-refractivity contribution in [1.82, 2.24) is 0 Å². The molecule has 1 N–H and O–H groups in total. The molecular weight excluding hydrogens is 238 g/mol. The Kier molecular flexibility index (Phi) is 3.19. The topological polar surface area (TPSA) is 38.3 Å². The third-order valence-corrected chi connectivity index (χ3v) is 3.16. The molecule has 0 spiro atoms. The van der Waals surface area contributed by atoms with Crippen LogP contribution in [0.4, 0.5) is 10.5 Å². The van der Waals surface area contributed by atoms with Gasteiger partial charge in [-0.2, -0.15) is 0 Å². The van der Waals surface area contributed by atoms with Gasteiger partial charge < -0.3 is 4.74 Å². The van der Waals surface area contributed by atoms with Gasteiger partial charge in [0.15, 0.2) is 0 Å². The van der Waals surface area contributed by atoms with Gasteiger partial charge in [0.05, 0.1) is 0 Å². The molecule has 0 saturated heterocycles. The highest BCUT2D eigenvalue weighted by molar-refractivity contribution is 5.86. The number of rotatable bonds is 3. The van der Waals surface area contributed by atoms with Crippen LogP contribution in [0.25, 0.3) is 0 Å². The molecule has 0 bridgehead atoms. The number of carbonyl (C=O) groups excluding carboxylic acids is 1. The van der Waals surface area contributed by atoms with Crippen molar-refractivity contribution in [3.63, 3.8) is 0 Å². The predicted molar refractivity (Wildman–Crippen MR) is 74.5 cm³/mol. The molecule has 1 amide bonds. The number of nitrogens with one attached hydrogen (secondary N) is 1. The minimum atomic E-state index is -0.467. The second kappa shape index (κ2) is 5.14. The average Bonchev–Trinajstić information content (AvgIpc) is 3.25. The van der Waals surface area contributed by atoms with Crippen molar-refractivity contribution in [3.05, 3.63) is 60.2 Å². The number of para-hydroxylation sites is 1. The number of hydrogen-bond acceptors (Lipinski definition) is 2. The quantitative estimate of drug-likeness (QED) is 0.891. The van der Waals surface area contributed by atoms with E-state index in [0.717, 1.165) is 11.6 Å². The third-order valence-electron chi connectivity index (χ3n) is 3.16. The molecular formula is C16H15NO2. The van der Waals surface area contributed by atoms with Crippen LogP contribution in [-0.2, 0) is 0 Å². The maximum atomic E-state index is 11.7. The van der Waals surface area contributed by atoms with Gasteiger partial charge in [-0.25, -0.2) is 4.79 Å². The van der Waals surface area contributed by atoms with Crippen molar-refractivity contribution in [3.8, 4) is 5.75 Å². The van der Waals surface area contributed by atoms with E-state index in [-0.39, 0.29) is 0 Å². The zero-order chi connectivity index (χ0) is 13.1. The smallest absolute Gasteiger partial charge is 0.410 e. The van der Waals surface area contributed by atoms with Crippen LogP contribution < -0.4 is 10.1 Å². The molecule has 3 rings (SSSR count). The number of hydrogen-bond donors (Lipinski definition) is 1. The number of benzene rings is 2. The van der Waals surface area contributed by atoms with Crippen molar-refractivity contribution in [1.29, 1.82) is 0 Å².